The van der Waals surface area contributed by atoms with E-state index < -0.39 is 11.9 Å². The highest BCUT2D eigenvalue weighted by molar-refractivity contribution is 7.99. The number of hydrogen-bond donors (Lipinski definition) is 2. The maximum Gasteiger partial charge on any atom is 0.321 e. The monoisotopic (exact) mass is 487 g/mol. The van der Waals surface area contributed by atoms with Crippen LogP contribution in [-0.2, 0) is 17.8 Å². The van der Waals surface area contributed by atoms with Gasteiger partial charge in [0.25, 0.3) is 5.56 Å². The molecule has 0 fully saturated rings. The van der Waals surface area contributed by atoms with Crippen LogP contribution in [0.2, 0.25) is 0 Å². The van der Waals surface area contributed by atoms with Gasteiger partial charge in [-0.15, -0.1) is 11.3 Å². The summed E-state index contributed by atoms with van der Waals surface area (Å²) >= 11 is 2.65. The third-order valence-corrected chi connectivity index (χ3v) is 7.54. The Balaban J connectivity index is 1.81. The number of urea groups is 1. The Kier molecular flexibility index (Phi) is 7.01. The number of methoxy groups -OCH3 is 1. The molecule has 2 aromatic heterocycles. The highest BCUT2D eigenvalue weighted by Crippen LogP contribution is 2.34. The van der Waals surface area contributed by atoms with Crippen molar-refractivity contribution < 1.29 is 14.3 Å². The number of aromatic nitrogens is 2. The quantitative estimate of drug-likeness (QED) is 0.406. The Labute approximate surface area is 199 Å². The number of thiophene rings is 1. The third-order valence-electron chi connectivity index (χ3n) is 5.49. The molecule has 1 aliphatic heterocycles. The summed E-state index contributed by atoms with van der Waals surface area (Å²) in [6.07, 6.45) is 0.805. The van der Waals surface area contributed by atoms with E-state index in [9.17, 15) is 14.4 Å². The molecule has 0 radical (unpaired) electrons. The van der Waals surface area contributed by atoms with E-state index in [0.717, 1.165) is 43.4 Å². The van der Waals surface area contributed by atoms with Gasteiger partial charge in [-0.05, 0) is 30.7 Å². The van der Waals surface area contributed by atoms with E-state index in [1.54, 1.807) is 25.3 Å². The molecule has 2 N–H and O–H groups in total. The van der Waals surface area contributed by atoms with Crippen molar-refractivity contribution in [3.05, 3.63) is 45.1 Å². The molecule has 0 atom stereocenters. The van der Waals surface area contributed by atoms with Crippen LogP contribution in [-0.4, -0.2) is 59.4 Å². The highest BCUT2D eigenvalue weighted by atomic mass is 32.2. The fraction of sp³-hybridized carbons (Fsp3) is 0.364. The van der Waals surface area contributed by atoms with Crippen molar-refractivity contribution in [3.63, 3.8) is 0 Å². The smallest absolute Gasteiger partial charge is 0.321 e. The van der Waals surface area contributed by atoms with Crippen LogP contribution in [0.15, 0.2) is 34.2 Å². The van der Waals surface area contributed by atoms with E-state index in [2.05, 4.69) is 22.5 Å². The zero-order valence-electron chi connectivity index (χ0n) is 18.6. The molecule has 1 aromatic carbocycles. The number of hydrogen-bond acceptors (Lipinski definition) is 8. The van der Waals surface area contributed by atoms with Crippen molar-refractivity contribution in [2.45, 2.75) is 25.0 Å². The van der Waals surface area contributed by atoms with Gasteiger partial charge in [-0.1, -0.05) is 24.8 Å². The molecular weight excluding hydrogens is 462 g/mol. The second-order valence-corrected chi connectivity index (χ2v) is 9.48. The number of carbonyl (C=O) groups is 2. The predicted molar refractivity (Wildman–Crippen MR) is 130 cm³/mol. The summed E-state index contributed by atoms with van der Waals surface area (Å²) in [7, 11) is 3.00. The van der Waals surface area contributed by atoms with Crippen LogP contribution in [0, 0.1) is 0 Å². The van der Waals surface area contributed by atoms with Crippen LogP contribution >= 0.6 is 23.1 Å². The second kappa shape index (κ2) is 9.94. The van der Waals surface area contributed by atoms with Gasteiger partial charge >= 0.3 is 6.03 Å². The SMILES string of the molecule is CCN1CCc2c(sc3nc(SCC(=O)NC(=O)NC)n(-c4cccc(OC)c4)c(=O)c23)C1. The van der Waals surface area contributed by atoms with Gasteiger partial charge in [-0.3, -0.25) is 24.4 Å². The molecule has 3 aromatic rings. The molecule has 0 aliphatic carbocycles. The van der Waals surface area contributed by atoms with Gasteiger partial charge in [0.1, 0.15) is 10.6 Å². The number of nitrogens with one attached hydrogen (secondary N) is 2. The minimum atomic E-state index is -0.583. The largest absolute Gasteiger partial charge is 0.497 e. The number of ether oxygens (including phenoxy) is 1. The number of rotatable bonds is 6. The number of carbonyl (C=O) groups excluding carboxylic acids is 2. The first-order chi connectivity index (χ1) is 15.9. The molecule has 174 valence electrons. The molecule has 1 aliphatic rings. The summed E-state index contributed by atoms with van der Waals surface area (Å²) in [6, 6.07) is 6.60. The third kappa shape index (κ3) is 4.75. The standard InChI is InChI=1S/C22H25N5O4S2/c1-4-26-9-8-15-16(11-26)33-19-18(15)20(29)27(13-6-5-7-14(10-13)31-3)22(25-19)32-12-17(28)24-21(30)23-2/h5-7,10H,4,8-9,11-12H2,1-3H3,(H2,23,24,28,30). The Morgan fingerprint density at radius 3 is 2.88 bits per heavy atom. The molecule has 4 rings (SSSR count). The molecule has 0 spiro atoms. The van der Waals surface area contributed by atoms with Gasteiger partial charge in [-0.25, -0.2) is 9.78 Å². The lowest BCUT2D eigenvalue weighted by Crippen LogP contribution is -2.38. The number of thioether (sulfide) groups is 1. The van der Waals surface area contributed by atoms with Gasteiger partial charge < -0.3 is 10.1 Å². The van der Waals surface area contributed by atoms with E-state index in [1.165, 1.54) is 27.8 Å². The molecule has 0 saturated heterocycles. The maximum absolute atomic E-state index is 13.8. The summed E-state index contributed by atoms with van der Waals surface area (Å²) in [5, 5.41) is 5.61. The Morgan fingerprint density at radius 2 is 2.15 bits per heavy atom. The fourth-order valence-corrected chi connectivity index (χ4v) is 5.89. The summed E-state index contributed by atoms with van der Waals surface area (Å²) in [5.74, 6) is 0.0676. The Bertz CT molecular complexity index is 1270. The number of benzene rings is 1. The normalized spacial score (nSPS) is 13.5. The molecule has 3 amide bonds. The highest BCUT2D eigenvalue weighted by Gasteiger charge is 2.25. The van der Waals surface area contributed by atoms with E-state index >= 15 is 0 Å². The number of nitrogens with zero attached hydrogens (tertiary/aromatic N) is 3. The first-order valence-corrected chi connectivity index (χ1v) is 12.3. The molecular formula is C22H25N5O4S2. The first-order valence-electron chi connectivity index (χ1n) is 10.5. The van der Waals surface area contributed by atoms with E-state index in [1.807, 2.05) is 6.07 Å². The Morgan fingerprint density at radius 1 is 1.33 bits per heavy atom. The van der Waals surface area contributed by atoms with Crippen molar-refractivity contribution >= 4 is 45.3 Å². The van der Waals surface area contributed by atoms with E-state index in [0.29, 0.717) is 26.8 Å². The molecule has 0 unspecified atom stereocenters. The van der Waals surface area contributed by atoms with Crippen LogP contribution in [0.4, 0.5) is 4.79 Å². The van der Waals surface area contributed by atoms with Gasteiger partial charge in [0.05, 0.1) is 23.9 Å². The average molecular weight is 488 g/mol. The predicted octanol–water partition coefficient (Wildman–Crippen LogP) is 2.38. The van der Waals surface area contributed by atoms with E-state index in [4.69, 9.17) is 9.72 Å². The lowest BCUT2D eigenvalue weighted by Gasteiger charge is -2.25. The lowest BCUT2D eigenvalue weighted by atomic mass is 10.1. The minimum Gasteiger partial charge on any atom is -0.497 e. The summed E-state index contributed by atoms with van der Waals surface area (Å²) in [6.45, 7) is 4.80. The molecule has 0 bridgehead atoms. The van der Waals surface area contributed by atoms with Crippen LogP contribution in [0.1, 0.15) is 17.4 Å². The van der Waals surface area contributed by atoms with Crippen LogP contribution in [0.5, 0.6) is 5.75 Å². The van der Waals surface area contributed by atoms with Crippen LogP contribution < -0.4 is 20.9 Å². The molecule has 3 heterocycles. The van der Waals surface area contributed by atoms with Gasteiger partial charge in [-0.2, -0.15) is 0 Å². The second-order valence-electron chi connectivity index (χ2n) is 7.46. The number of fused-ring (bicyclic) bond motifs is 3. The first kappa shape index (κ1) is 23.3. The zero-order valence-corrected chi connectivity index (χ0v) is 20.3. The summed E-state index contributed by atoms with van der Waals surface area (Å²) in [4.78, 5) is 46.4. The fourth-order valence-electron chi connectivity index (χ4n) is 3.78. The van der Waals surface area contributed by atoms with Gasteiger partial charge in [0, 0.05) is 31.1 Å². The van der Waals surface area contributed by atoms with Gasteiger partial charge in [0.2, 0.25) is 5.91 Å². The number of amides is 3. The molecule has 11 heteroatoms. The van der Waals surface area contributed by atoms with Crippen molar-refractivity contribution in [3.8, 4) is 11.4 Å². The molecule has 0 saturated carbocycles. The topological polar surface area (TPSA) is 106 Å². The maximum atomic E-state index is 13.8. The number of likely N-dealkylation sites (N-methyl/N-ethyl adjacent to an activating group) is 1. The molecule has 33 heavy (non-hydrogen) atoms. The summed E-state index contributed by atoms with van der Waals surface area (Å²) < 4.78 is 6.87. The van der Waals surface area contributed by atoms with Crippen molar-refractivity contribution in [2.24, 2.45) is 0 Å². The number of imide groups is 1. The molecule has 9 nitrogen and oxygen atoms in total. The van der Waals surface area contributed by atoms with Crippen LogP contribution in [0.25, 0.3) is 15.9 Å². The van der Waals surface area contributed by atoms with Crippen molar-refractivity contribution in [1.29, 1.82) is 0 Å². The lowest BCUT2D eigenvalue weighted by molar-refractivity contribution is -0.117. The van der Waals surface area contributed by atoms with Crippen molar-refractivity contribution in [1.82, 2.24) is 25.1 Å². The average Bonchev–Trinajstić information content (AvgIpc) is 3.20. The van der Waals surface area contributed by atoms with E-state index in [-0.39, 0.29) is 11.3 Å². The van der Waals surface area contributed by atoms with Gasteiger partial charge in [0.15, 0.2) is 5.16 Å². The van der Waals surface area contributed by atoms with Crippen LogP contribution in [0.3, 0.4) is 0 Å². The zero-order chi connectivity index (χ0) is 23.5. The minimum absolute atomic E-state index is 0.0654. The summed E-state index contributed by atoms with van der Waals surface area (Å²) in [5.41, 5.74) is 1.52. The van der Waals surface area contributed by atoms with Crippen molar-refractivity contribution in [2.75, 3.05) is 33.0 Å². The Hall–Kier alpha value is -2.89.